The number of aryl methyl sites for hydroxylation is 1. The van der Waals surface area contributed by atoms with Crippen LogP contribution in [0.2, 0.25) is 5.02 Å². The van der Waals surface area contributed by atoms with Crippen molar-refractivity contribution in [3.8, 4) is 5.75 Å². The number of halogens is 1. The molecular weight excluding hydrogens is 274 g/mol. The summed E-state index contributed by atoms with van der Waals surface area (Å²) in [6.07, 6.45) is 0. The number of aliphatic carboxylic acids is 1. The number of benzene rings is 1. The predicted molar refractivity (Wildman–Crippen MR) is 68.3 cm³/mol. The second-order valence-electron chi connectivity index (χ2n) is 3.86. The van der Waals surface area contributed by atoms with Gasteiger partial charge in [-0.15, -0.1) is 0 Å². The Morgan fingerprint density at radius 2 is 2.16 bits per heavy atom. The summed E-state index contributed by atoms with van der Waals surface area (Å²) in [5.41, 5.74) is 0.915. The monoisotopic (exact) mass is 287 g/mol. The van der Waals surface area contributed by atoms with Crippen LogP contribution in [0.3, 0.4) is 0 Å². The minimum atomic E-state index is -1.34. The van der Waals surface area contributed by atoms with Crippen LogP contribution in [-0.2, 0) is 9.59 Å². The van der Waals surface area contributed by atoms with Gasteiger partial charge in [-0.1, -0.05) is 17.7 Å². The van der Waals surface area contributed by atoms with E-state index in [-0.39, 0.29) is 6.61 Å². The molecule has 0 aliphatic carbocycles. The van der Waals surface area contributed by atoms with Crippen LogP contribution in [0, 0.1) is 6.92 Å². The highest BCUT2D eigenvalue weighted by molar-refractivity contribution is 6.32. The number of hydrogen-bond donors (Lipinski definition) is 3. The fraction of sp³-hybridized carbons (Fsp3) is 0.333. The normalized spacial score (nSPS) is 11.7. The Labute approximate surface area is 114 Å². The molecule has 0 radical (unpaired) electrons. The summed E-state index contributed by atoms with van der Waals surface area (Å²) in [7, 11) is 0. The van der Waals surface area contributed by atoms with Crippen molar-refractivity contribution in [2.24, 2.45) is 0 Å². The zero-order valence-corrected chi connectivity index (χ0v) is 11.0. The maximum absolute atomic E-state index is 11.4. The number of carbonyl (C=O) groups excluding carboxylic acids is 1. The average Bonchev–Trinajstić information content (AvgIpc) is 2.36. The first kappa shape index (κ1) is 15.3. The fourth-order valence-electron chi connectivity index (χ4n) is 1.29. The summed E-state index contributed by atoms with van der Waals surface area (Å²) < 4.78 is 5.19. The van der Waals surface area contributed by atoms with Crippen LogP contribution in [0.4, 0.5) is 0 Å². The quantitative estimate of drug-likeness (QED) is 0.712. The third-order valence-corrected chi connectivity index (χ3v) is 2.57. The lowest BCUT2D eigenvalue weighted by Gasteiger charge is -2.13. The van der Waals surface area contributed by atoms with Crippen molar-refractivity contribution in [2.45, 2.75) is 13.0 Å². The summed E-state index contributed by atoms with van der Waals surface area (Å²) in [6, 6.07) is 3.75. The Balaban J connectivity index is 2.54. The molecule has 0 aromatic heterocycles. The Hall–Kier alpha value is -1.79. The van der Waals surface area contributed by atoms with Crippen molar-refractivity contribution >= 4 is 23.5 Å². The van der Waals surface area contributed by atoms with E-state index < -0.39 is 24.5 Å². The van der Waals surface area contributed by atoms with E-state index in [1.807, 2.05) is 6.92 Å². The lowest BCUT2D eigenvalue weighted by molar-refractivity contribution is -0.143. The van der Waals surface area contributed by atoms with Gasteiger partial charge in [-0.25, -0.2) is 4.79 Å². The summed E-state index contributed by atoms with van der Waals surface area (Å²) in [5, 5.41) is 19.9. The van der Waals surface area contributed by atoms with Gasteiger partial charge in [0.2, 0.25) is 0 Å². The number of carboxylic acids is 1. The van der Waals surface area contributed by atoms with E-state index >= 15 is 0 Å². The lowest BCUT2D eigenvalue weighted by atomic mass is 10.2. The molecule has 0 aliphatic heterocycles. The number of rotatable bonds is 6. The van der Waals surface area contributed by atoms with E-state index in [9.17, 15) is 9.59 Å². The first-order valence-corrected chi connectivity index (χ1v) is 5.84. The van der Waals surface area contributed by atoms with Crippen LogP contribution < -0.4 is 10.1 Å². The topological polar surface area (TPSA) is 95.9 Å². The van der Waals surface area contributed by atoms with Gasteiger partial charge in [0.1, 0.15) is 11.8 Å². The Morgan fingerprint density at radius 3 is 2.74 bits per heavy atom. The number of nitrogens with one attached hydrogen (secondary N) is 1. The predicted octanol–water partition coefficient (Wildman–Crippen LogP) is 0.589. The van der Waals surface area contributed by atoms with Crippen molar-refractivity contribution in [3.63, 3.8) is 0 Å². The molecule has 104 valence electrons. The zero-order chi connectivity index (χ0) is 14.4. The maximum Gasteiger partial charge on any atom is 0.328 e. The fourth-order valence-corrected chi connectivity index (χ4v) is 1.46. The number of carbonyl (C=O) groups is 2. The molecule has 1 aromatic rings. The van der Waals surface area contributed by atoms with Gasteiger partial charge in [0.05, 0.1) is 11.6 Å². The number of amides is 1. The van der Waals surface area contributed by atoms with Gasteiger partial charge in [0, 0.05) is 0 Å². The number of aliphatic hydroxyl groups is 1. The molecule has 0 spiro atoms. The number of aliphatic hydroxyl groups excluding tert-OH is 1. The molecule has 1 atom stereocenters. The molecule has 7 heteroatoms. The Bertz CT molecular complexity index is 477. The standard InChI is InChI=1S/C12H14ClNO5/c1-7-2-3-8(13)10(4-7)19-6-11(16)14-9(5-15)12(17)18/h2-4,9,15H,5-6H2,1H3,(H,14,16)(H,17,18)/t9-/m0/s1. The van der Waals surface area contributed by atoms with E-state index in [0.29, 0.717) is 10.8 Å². The molecule has 0 unspecified atom stereocenters. The number of hydrogen-bond acceptors (Lipinski definition) is 4. The molecule has 0 saturated heterocycles. The van der Waals surface area contributed by atoms with E-state index in [0.717, 1.165) is 5.56 Å². The first-order chi connectivity index (χ1) is 8.93. The molecule has 0 bridgehead atoms. The van der Waals surface area contributed by atoms with Gasteiger partial charge in [0.15, 0.2) is 6.61 Å². The van der Waals surface area contributed by atoms with Crippen LogP contribution in [0.1, 0.15) is 5.56 Å². The molecule has 0 saturated carbocycles. The third kappa shape index (κ3) is 4.76. The minimum Gasteiger partial charge on any atom is -0.482 e. The summed E-state index contributed by atoms with van der Waals surface area (Å²) in [6.45, 7) is 0.773. The second kappa shape index (κ2) is 6.96. The highest BCUT2D eigenvalue weighted by atomic mass is 35.5. The van der Waals surface area contributed by atoms with Crippen molar-refractivity contribution < 1.29 is 24.5 Å². The van der Waals surface area contributed by atoms with Gasteiger partial charge in [-0.3, -0.25) is 4.79 Å². The molecule has 0 fully saturated rings. The molecule has 6 nitrogen and oxygen atoms in total. The molecule has 3 N–H and O–H groups in total. The largest absolute Gasteiger partial charge is 0.482 e. The molecule has 1 amide bonds. The second-order valence-corrected chi connectivity index (χ2v) is 4.27. The molecule has 0 heterocycles. The van der Waals surface area contributed by atoms with Crippen molar-refractivity contribution in [1.29, 1.82) is 0 Å². The van der Waals surface area contributed by atoms with E-state index in [2.05, 4.69) is 5.32 Å². The van der Waals surface area contributed by atoms with Crippen LogP contribution in [0.15, 0.2) is 18.2 Å². The Morgan fingerprint density at radius 1 is 1.47 bits per heavy atom. The zero-order valence-electron chi connectivity index (χ0n) is 10.2. The van der Waals surface area contributed by atoms with Crippen molar-refractivity contribution in [3.05, 3.63) is 28.8 Å². The van der Waals surface area contributed by atoms with Gasteiger partial charge < -0.3 is 20.3 Å². The van der Waals surface area contributed by atoms with Crippen molar-refractivity contribution in [2.75, 3.05) is 13.2 Å². The number of ether oxygens (including phenoxy) is 1. The highest BCUT2D eigenvalue weighted by Crippen LogP contribution is 2.24. The maximum atomic E-state index is 11.4. The molecule has 19 heavy (non-hydrogen) atoms. The molecule has 1 aromatic carbocycles. The molecular formula is C12H14ClNO5. The highest BCUT2D eigenvalue weighted by Gasteiger charge is 2.18. The average molecular weight is 288 g/mol. The van der Waals surface area contributed by atoms with Crippen LogP contribution >= 0.6 is 11.6 Å². The van der Waals surface area contributed by atoms with E-state index in [1.54, 1.807) is 18.2 Å². The summed E-state index contributed by atoms with van der Waals surface area (Å²) >= 11 is 5.87. The van der Waals surface area contributed by atoms with Gasteiger partial charge in [-0.2, -0.15) is 0 Å². The van der Waals surface area contributed by atoms with E-state index in [1.165, 1.54) is 0 Å². The van der Waals surface area contributed by atoms with Gasteiger partial charge >= 0.3 is 5.97 Å². The van der Waals surface area contributed by atoms with Gasteiger partial charge in [0.25, 0.3) is 5.91 Å². The lowest BCUT2D eigenvalue weighted by Crippen LogP contribution is -2.45. The first-order valence-electron chi connectivity index (χ1n) is 5.46. The van der Waals surface area contributed by atoms with Crippen LogP contribution in [0.5, 0.6) is 5.75 Å². The summed E-state index contributed by atoms with van der Waals surface area (Å²) in [4.78, 5) is 22.0. The smallest absolute Gasteiger partial charge is 0.328 e. The Kier molecular flexibility index (Phi) is 5.59. The van der Waals surface area contributed by atoms with Gasteiger partial charge in [-0.05, 0) is 24.6 Å². The molecule has 1 rings (SSSR count). The van der Waals surface area contributed by atoms with Crippen LogP contribution in [-0.4, -0.2) is 41.3 Å². The van der Waals surface area contributed by atoms with Crippen LogP contribution in [0.25, 0.3) is 0 Å². The molecule has 0 aliphatic rings. The minimum absolute atomic E-state index is 0.340. The third-order valence-electron chi connectivity index (χ3n) is 2.26. The number of carboxylic acid groups (broad SMARTS) is 1. The van der Waals surface area contributed by atoms with E-state index in [4.69, 9.17) is 26.6 Å². The summed E-state index contributed by atoms with van der Waals surface area (Å²) in [5.74, 6) is -1.63. The van der Waals surface area contributed by atoms with Crippen molar-refractivity contribution in [1.82, 2.24) is 5.32 Å². The SMILES string of the molecule is Cc1ccc(Cl)c(OCC(=O)N[C@@H](CO)C(=O)O)c1.